The summed E-state index contributed by atoms with van der Waals surface area (Å²) >= 11 is 0. The number of nitrogens with one attached hydrogen (secondary N) is 1. The topological polar surface area (TPSA) is 90.6 Å². The molecule has 0 aliphatic heterocycles. The molecular formula is C41H58N2O4. The van der Waals surface area contributed by atoms with Crippen molar-refractivity contribution in [1.82, 2.24) is 0 Å². The lowest BCUT2D eigenvalue weighted by atomic mass is 9.54. The van der Waals surface area contributed by atoms with Crippen LogP contribution in [-0.4, -0.2) is 31.2 Å². The van der Waals surface area contributed by atoms with E-state index in [9.17, 15) is 9.59 Å². The highest BCUT2D eigenvalue weighted by Gasteiger charge is 2.61. The number of fused-ring (bicyclic) bond motifs is 3. The molecule has 3 N–H and O–H groups in total. The van der Waals surface area contributed by atoms with E-state index in [1.807, 2.05) is 31.3 Å². The summed E-state index contributed by atoms with van der Waals surface area (Å²) in [6.45, 7) is 9.84. The number of hydrogen-bond acceptors (Lipinski definition) is 6. The van der Waals surface area contributed by atoms with Gasteiger partial charge in [0.05, 0.1) is 11.1 Å². The first kappa shape index (κ1) is 33.9. The number of anilines is 2. The number of rotatable bonds is 10. The van der Waals surface area contributed by atoms with E-state index in [1.165, 1.54) is 51.4 Å². The number of esters is 2. The van der Waals surface area contributed by atoms with Crippen molar-refractivity contribution >= 4 is 23.3 Å². The first-order valence-corrected chi connectivity index (χ1v) is 18.6. The van der Waals surface area contributed by atoms with Crippen molar-refractivity contribution in [3.8, 4) is 0 Å². The maximum absolute atomic E-state index is 13.7. The quantitative estimate of drug-likeness (QED) is 0.198. The number of carbonyl (C=O) groups excluding carboxylic acids is 2. The smallest absolute Gasteiger partial charge is 0.338 e. The second-order valence-electron chi connectivity index (χ2n) is 16.5. The minimum Gasteiger partial charge on any atom is -0.459 e. The molecule has 47 heavy (non-hydrogen) atoms. The van der Waals surface area contributed by atoms with E-state index in [4.69, 9.17) is 15.2 Å². The van der Waals surface area contributed by atoms with Crippen LogP contribution in [0.2, 0.25) is 0 Å². The molecule has 0 radical (unpaired) electrons. The fourth-order valence-corrected chi connectivity index (χ4v) is 10.9. The number of hydrogen-bond donors (Lipinski definition) is 2. The molecule has 0 heterocycles. The third kappa shape index (κ3) is 6.94. The van der Waals surface area contributed by atoms with Crippen LogP contribution >= 0.6 is 0 Å². The van der Waals surface area contributed by atoms with Crippen molar-refractivity contribution in [3.05, 3.63) is 59.7 Å². The molecule has 2 aromatic rings. The highest BCUT2D eigenvalue weighted by atomic mass is 16.6. The fourth-order valence-electron chi connectivity index (χ4n) is 10.9. The summed E-state index contributed by atoms with van der Waals surface area (Å²) < 4.78 is 12.7. The van der Waals surface area contributed by atoms with Gasteiger partial charge in [0, 0.05) is 24.3 Å². The Labute approximate surface area is 282 Å². The third-order valence-corrected chi connectivity index (χ3v) is 13.3. The lowest BCUT2D eigenvalue weighted by Crippen LogP contribution is -2.51. The highest BCUT2D eigenvalue weighted by molar-refractivity contribution is 5.90. The molecule has 4 saturated carbocycles. The number of benzene rings is 2. The minimum absolute atomic E-state index is 0.118. The molecule has 256 valence electrons. The summed E-state index contributed by atoms with van der Waals surface area (Å²) in [5.74, 6) is 3.16. The molecule has 6 nitrogen and oxygen atoms in total. The molecule has 4 aliphatic rings. The average Bonchev–Trinajstić information content (AvgIpc) is 3.37. The minimum atomic E-state index is -0.296. The van der Waals surface area contributed by atoms with Crippen molar-refractivity contribution in [1.29, 1.82) is 0 Å². The normalized spacial score (nSPS) is 33.7. The number of ether oxygens (including phenoxy) is 2. The van der Waals surface area contributed by atoms with Gasteiger partial charge in [0.1, 0.15) is 12.2 Å². The molecule has 1 spiro atoms. The maximum Gasteiger partial charge on any atom is 0.338 e. The number of nitrogens with two attached hydrogens (primary N) is 1. The number of nitrogen functional groups attached to an aromatic ring is 1. The summed E-state index contributed by atoms with van der Waals surface area (Å²) in [4.78, 5) is 26.9. The zero-order chi connectivity index (χ0) is 33.3. The van der Waals surface area contributed by atoms with Crippen LogP contribution in [0.3, 0.4) is 0 Å². The van der Waals surface area contributed by atoms with Crippen molar-refractivity contribution in [2.24, 2.45) is 46.3 Å². The van der Waals surface area contributed by atoms with Gasteiger partial charge in [-0.3, -0.25) is 0 Å². The molecule has 4 aliphatic carbocycles. The molecule has 2 aromatic carbocycles. The van der Waals surface area contributed by atoms with Crippen LogP contribution in [0, 0.1) is 46.3 Å². The van der Waals surface area contributed by atoms with Gasteiger partial charge in [-0.2, -0.15) is 0 Å². The van der Waals surface area contributed by atoms with Gasteiger partial charge in [0.15, 0.2) is 0 Å². The maximum atomic E-state index is 13.7. The Morgan fingerprint density at radius 3 is 2.21 bits per heavy atom. The molecule has 2 bridgehead atoms. The molecule has 4 fully saturated rings. The van der Waals surface area contributed by atoms with E-state index in [1.54, 1.807) is 24.3 Å². The second kappa shape index (κ2) is 13.8. The molecule has 9 unspecified atom stereocenters. The SMILES string of the molecule is CNc1ccc(C(=O)OC2CC3CC4(CCC(OC(=O)c5ccc(N)cc5)CC24)CCC2(C)C(C(C)CCCC(C)C)CCC32)cc1. The standard InChI is InChI=1S/C41H58N2O4/c1-26(2)7-6-8-27(3)34-17-18-35-30-23-37(47-39(45)29-11-15-32(43-5)16-12-29)36-24-33(46-38(44)28-9-13-31(42)14-10-28)19-20-41(36,25-30)22-21-40(34,35)4/h9-16,26-27,30,33-37,43H,6-8,17-25,42H2,1-5H3. The molecular weight excluding hydrogens is 584 g/mol. The Balaban J connectivity index is 1.24. The van der Waals surface area contributed by atoms with Crippen LogP contribution < -0.4 is 11.1 Å². The average molecular weight is 643 g/mol. The van der Waals surface area contributed by atoms with E-state index in [-0.39, 0.29) is 35.5 Å². The van der Waals surface area contributed by atoms with E-state index in [0.717, 1.165) is 49.1 Å². The third-order valence-electron chi connectivity index (χ3n) is 13.3. The predicted molar refractivity (Wildman–Crippen MR) is 189 cm³/mol. The van der Waals surface area contributed by atoms with Gasteiger partial charge in [0.2, 0.25) is 0 Å². The van der Waals surface area contributed by atoms with Crippen LogP contribution in [0.5, 0.6) is 0 Å². The Morgan fingerprint density at radius 1 is 0.851 bits per heavy atom. The van der Waals surface area contributed by atoms with Gasteiger partial charge in [0.25, 0.3) is 0 Å². The van der Waals surface area contributed by atoms with Crippen molar-refractivity contribution in [2.45, 2.75) is 117 Å². The zero-order valence-corrected chi connectivity index (χ0v) is 29.4. The highest BCUT2D eigenvalue weighted by Crippen LogP contribution is 2.67. The molecule has 6 rings (SSSR count). The lowest BCUT2D eigenvalue weighted by Gasteiger charge is -2.54. The fraction of sp³-hybridized carbons (Fsp3) is 0.659. The Kier molecular flexibility index (Phi) is 9.97. The van der Waals surface area contributed by atoms with E-state index >= 15 is 0 Å². The lowest BCUT2D eigenvalue weighted by molar-refractivity contribution is -0.116. The van der Waals surface area contributed by atoms with Gasteiger partial charge in [-0.25, -0.2) is 9.59 Å². The summed E-state index contributed by atoms with van der Waals surface area (Å²) in [5.41, 5.74) is 9.02. The summed E-state index contributed by atoms with van der Waals surface area (Å²) in [5, 5.41) is 3.13. The van der Waals surface area contributed by atoms with Crippen LogP contribution in [0.4, 0.5) is 11.4 Å². The Morgan fingerprint density at radius 2 is 1.53 bits per heavy atom. The summed E-state index contributed by atoms with van der Waals surface area (Å²) in [6.07, 6.45) is 13.5. The van der Waals surface area contributed by atoms with E-state index in [2.05, 4.69) is 33.0 Å². The molecule has 6 heteroatoms. The van der Waals surface area contributed by atoms with Crippen LogP contribution in [-0.2, 0) is 9.47 Å². The largest absolute Gasteiger partial charge is 0.459 e. The van der Waals surface area contributed by atoms with Gasteiger partial charge in [-0.15, -0.1) is 0 Å². The van der Waals surface area contributed by atoms with Gasteiger partial charge >= 0.3 is 11.9 Å². The van der Waals surface area contributed by atoms with Crippen LogP contribution in [0.25, 0.3) is 0 Å². The predicted octanol–water partition coefficient (Wildman–Crippen LogP) is 9.55. The molecule has 0 saturated heterocycles. The first-order valence-electron chi connectivity index (χ1n) is 18.6. The van der Waals surface area contributed by atoms with Gasteiger partial charge in [-0.05, 0) is 147 Å². The summed E-state index contributed by atoms with van der Waals surface area (Å²) in [6, 6.07) is 14.5. The molecule has 0 aromatic heterocycles. The zero-order valence-electron chi connectivity index (χ0n) is 29.4. The van der Waals surface area contributed by atoms with Crippen LogP contribution in [0.15, 0.2) is 48.5 Å². The first-order chi connectivity index (χ1) is 22.5. The summed E-state index contributed by atoms with van der Waals surface area (Å²) in [7, 11) is 1.88. The number of carbonyl (C=O) groups is 2. The van der Waals surface area contributed by atoms with Crippen molar-refractivity contribution < 1.29 is 19.1 Å². The van der Waals surface area contributed by atoms with Gasteiger partial charge < -0.3 is 20.5 Å². The van der Waals surface area contributed by atoms with Crippen LogP contribution in [0.1, 0.15) is 125 Å². The monoisotopic (exact) mass is 642 g/mol. The Hall–Kier alpha value is -3.02. The molecule has 0 amide bonds. The van der Waals surface area contributed by atoms with E-state index in [0.29, 0.717) is 34.1 Å². The van der Waals surface area contributed by atoms with E-state index < -0.39 is 0 Å². The Bertz CT molecular complexity index is 1390. The van der Waals surface area contributed by atoms with Crippen molar-refractivity contribution in [2.75, 3.05) is 18.1 Å². The van der Waals surface area contributed by atoms with Gasteiger partial charge in [-0.1, -0.05) is 47.0 Å². The second-order valence-corrected chi connectivity index (χ2v) is 16.5. The molecule has 9 atom stereocenters. The van der Waals surface area contributed by atoms with Crippen molar-refractivity contribution in [3.63, 3.8) is 0 Å².